The minimum atomic E-state index is 0.476. The van der Waals surface area contributed by atoms with Crippen LogP contribution >= 0.6 is 8.81 Å². The monoisotopic (exact) mass is 167 g/mol. The van der Waals surface area contributed by atoms with E-state index >= 15 is 0 Å². The van der Waals surface area contributed by atoms with Gasteiger partial charge in [-0.15, -0.1) is 0 Å². The van der Waals surface area contributed by atoms with Crippen LogP contribution in [0.2, 0.25) is 0 Å². The maximum atomic E-state index is 6.95. The Labute approximate surface area is 68.0 Å². The van der Waals surface area contributed by atoms with Gasteiger partial charge in [0.1, 0.15) is 5.75 Å². The molecule has 58 valence electrons. The van der Waals surface area contributed by atoms with Gasteiger partial charge in [-0.25, -0.2) is 0 Å². The smallest absolute Gasteiger partial charge is 0.122 e. The van der Waals surface area contributed by atoms with Gasteiger partial charge < -0.3 is 9.93 Å². The predicted octanol–water partition coefficient (Wildman–Crippen LogP) is 2.29. The summed E-state index contributed by atoms with van der Waals surface area (Å²) < 4.78 is 5.26. The Kier molecular flexibility index (Phi) is 3.06. The summed E-state index contributed by atoms with van der Waals surface area (Å²) in [7, 11) is 0.476. The summed E-state index contributed by atoms with van der Waals surface area (Å²) >= 11 is 0. The highest BCUT2D eigenvalue weighted by atomic mass is 31.1. The molecule has 0 aliphatic rings. The Morgan fingerprint density at radius 3 is 2.45 bits per heavy atom. The van der Waals surface area contributed by atoms with Crippen molar-refractivity contribution in [3.8, 4) is 5.75 Å². The molecule has 1 atom stereocenters. The highest BCUT2D eigenvalue weighted by Gasteiger charge is 1.90. The number of rotatable bonds is 3. The second-order valence-electron chi connectivity index (χ2n) is 2.02. The minimum absolute atomic E-state index is 0.476. The summed E-state index contributed by atoms with van der Waals surface area (Å²) in [5.41, 5.74) is 0.900. The molecule has 0 aliphatic heterocycles. The topological polar surface area (TPSA) is 33.1 Å². The Bertz CT molecular complexity index is 232. The molecule has 1 aromatic carbocycles. The van der Waals surface area contributed by atoms with Gasteiger partial charge in [0.25, 0.3) is 0 Å². The van der Waals surface area contributed by atoms with Crippen LogP contribution in [0.15, 0.2) is 24.3 Å². The largest absolute Gasteiger partial charge is 0.477 e. The van der Waals surface area contributed by atoms with E-state index in [9.17, 15) is 0 Å². The van der Waals surface area contributed by atoms with Crippen molar-refractivity contribution in [3.63, 3.8) is 0 Å². The zero-order valence-corrected chi connectivity index (χ0v) is 7.29. The van der Waals surface area contributed by atoms with Crippen LogP contribution in [0.5, 0.6) is 5.75 Å². The van der Waals surface area contributed by atoms with Crippen LogP contribution in [0.1, 0.15) is 5.56 Å². The van der Waals surface area contributed by atoms with E-state index in [1.807, 2.05) is 30.9 Å². The number of benzene rings is 1. The zero-order valence-electron chi connectivity index (χ0n) is 6.29. The van der Waals surface area contributed by atoms with Crippen molar-refractivity contribution < 1.29 is 4.52 Å². The van der Waals surface area contributed by atoms with Gasteiger partial charge >= 0.3 is 0 Å². The van der Waals surface area contributed by atoms with Crippen molar-refractivity contribution >= 4 is 15.0 Å². The lowest BCUT2D eigenvalue weighted by Crippen LogP contribution is -1.80. The van der Waals surface area contributed by atoms with E-state index < -0.39 is 0 Å². The third-order valence-electron chi connectivity index (χ3n) is 1.27. The average molecular weight is 167 g/mol. The molecule has 0 radical (unpaired) electrons. The Morgan fingerprint density at radius 2 is 2.00 bits per heavy atom. The van der Waals surface area contributed by atoms with Crippen molar-refractivity contribution in [2.45, 2.75) is 0 Å². The lowest BCUT2D eigenvalue weighted by molar-refractivity contribution is 0.635. The first-order chi connectivity index (χ1) is 5.36. The van der Waals surface area contributed by atoms with E-state index in [0.29, 0.717) is 8.81 Å². The molecule has 1 N–H and O–H groups in total. The Morgan fingerprint density at radius 1 is 1.36 bits per heavy atom. The van der Waals surface area contributed by atoms with Crippen molar-refractivity contribution in [2.24, 2.45) is 0 Å². The summed E-state index contributed by atoms with van der Waals surface area (Å²) in [6.45, 7) is 1.98. The number of nitrogens with one attached hydrogen (secondary N) is 1. The molecule has 0 fully saturated rings. The molecule has 0 amide bonds. The Balaban J connectivity index is 2.74. The van der Waals surface area contributed by atoms with E-state index in [1.54, 1.807) is 0 Å². The van der Waals surface area contributed by atoms with Gasteiger partial charge in [0.2, 0.25) is 0 Å². The van der Waals surface area contributed by atoms with Gasteiger partial charge in [-0.1, -0.05) is 0 Å². The van der Waals surface area contributed by atoms with Crippen LogP contribution in [-0.2, 0) is 0 Å². The van der Waals surface area contributed by atoms with Gasteiger partial charge in [0.05, 0.1) is 8.81 Å². The molecule has 0 aromatic heterocycles. The first-order valence-electron chi connectivity index (χ1n) is 3.31. The van der Waals surface area contributed by atoms with Crippen molar-refractivity contribution in [2.75, 3.05) is 6.66 Å². The number of hydrogen-bond acceptors (Lipinski definition) is 2. The van der Waals surface area contributed by atoms with Crippen LogP contribution in [0.4, 0.5) is 0 Å². The normalized spacial score (nSPS) is 10.3. The van der Waals surface area contributed by atoms with E-state index in [0.717, 1.165) is 11.3 Å². The zero-order chi connectivity index (χ0) is 8.10. The lowest BCUT2D eigenvalue weighted by Gasteiger charge is -2.00. The highest BCUT2D eigenvalue weighted by molar-refractivity contribution is 7.31. The fraction of sp³-hybridized carbons (Fsp3) is 0.125. The molecule has 0 aliphatic carbocycles. The van der Waals surface area contributed by atoms with Crippen LogP contribution in [-0.4, -0.2) is 12.9 Å². The second-order valence-corrected chi connectivity index (χ2v) is 2.63. The van der Waals surface area contributed by atoms with E-state index in [2.05, 4.69) is 0 Å². The maximum Gasteiger partial charge on any atom is 0.122 e. The molecule has 11 heavy (non-hydrogen) atoms. The van der Waals surface area contributed by atoms with Crippen molar-refractivity contribution in [3.05, 3.63) is 29.8 Å². The van der Waals surface area contributed by atoms with Crippen molar-refractivity contribution in [1.29, 1.82) is 5.41 Å². The first-order valence-corrected chi connectivity index (χ1v) is 4.72. The highest BCUT2D eigenvalue weighted by Crippen LogP contribution is 2.17. The van der Waals surface area contributed by atoms with E-state index in [1.165, 1.54) is 6.21 Å². The molecule has 1 rings (SSSR count). The van der Waals surface area contributed by atoms with Crippen molar-refractivity contribution in [1.82, 2.24) is 0 Å². The second kappa shape index (κ2) is 4.09. The molecule has 0 saturated carbocycles. The molecule has 0 bridgehead atoms. The fourth-order valence-electron chi connectivity index (χ4n) is 0.750. The minimum Gasteiger partial charge on any atom is -0.477 e. The summed E-state index contributed by atoms with van der Waals surface area (Å²) in [5.74, 6) is 0.872. The van der Waals surface area contributed by atoms with Gasteiger partial charge in [0.15, 0.2) is 0 Å². The van der Waals surface area contributed by atoms with Crippen LogP contribution in [0, 0.1) is 5.41 Å². The first kappa shape index (κ1) is 8.22. The molecule has 0 spiro atoms. The van der Waals surface area contributed by atoms with E-state index in [-0.39, 0.29) is 0 Å². The van der Waals surface area contributed by atoms with Gasteiger partial charge in [-0.2, -0.15) is 0 Å². The van der Waals surface area contributed by atoms with Gasteiger partial charge in [-0.05, 0) is 36.5 Å². The molecule has 0 saturated heterocycles. The predicted molar refractivity (Wildman–Crippen MR) is 49.2 cm³/mol. The molecule has 0 heterocycles. The Hall–Kier alpha value is -0.880. The third kappa shape index (κ3) is 2.32. The van der Waals surface area contributed by atoms with Gasteiger partial charge in [-0.3, -0.25) is 0 Å². The maximum absolute atomic E-state index is 6.95. The molecule has 2 nitrogen and oxygen atoms in total. The standard InChI is InChI=1S/C8H10NOP/c1-11-10-8-4-2-7(6-9)3-5-8/h2-6,9,11H,1H3. The summed E-state index contributed by atoms with van der Waals surface area (Å²) in [5, 5.41) is 6.95. The molecule has 1 unspecified atom stereocenters. The number of hydrogen-bond donors (Lipinski definition) is 1. The quantitative estimate of drug-likeness (QED) is 0.543. The average Bonchev–Trinajstić information content (AvgIpc) is 2.07. The molecule has 1 aromatic rings. The summed E-state index contributed by atoms with van der Waals surface area (Å²) in [6, 6.07) is 7.47. The third-order valence-corrected chi connectivity index (χ3v) is 1.71. The van der Waals surface area contributed by atoms with Crippen LogP contribution in [0.3, 0.4) is 0 Å². The molecular weight excluding hydrogens is 157 g/mol. The molecular formula is C8H10NOP. The van der Waals surface area contributed by atoms with Gasteiger partial charge in [0, 0.05) is 6.21 Å². The van der Waals surface area contributed by atoms with Crippen LogP contribution in [0.25, 0.3) is 0 Å². The summed E-state index contributed by atoms with van der Waals surface area (Å²) in [6.07, 6.45) is 1.32. The van der Waals surface area contributed by atoms with Crippen LogP contribution < -0.4 is 4.52 Å². The SMILES string of the molecule is CPOc1ccc(C=N)cc1. The fourth-order valence-corrected chi connectivity index (χ4v) is 1.12. The summed E-state index contributed by atoms with van der Waals surface area (Å²) in [4.78, 5) is 0. The van der Waals surface area contributed by atoms with E-state index in [4.69, 9.17) is 9.93 Å². The molecule has 3 heteroatoms. The lowest BCUT2D eigenvalue weighted by atomic mass is 10.2.